The molecule has 3 rings (SSSR count). The number of nitrogens with one attached hydrogen (secondary N) is 1. The number of rotatable bonds is 10. The van der Waals surface area contributed by atoms with Gasteiger partial charge in [0.1, 0.15) is 11.6 Å². The number of benzene rings is 2. The van der Waals surface area contributed by atoms with Gasteiger partial charge in [0.2, 0.25) is 0 Å². The molecule has 28 heavy (non-hydrogen) atoms. The molecule has 0 radical (unpaired) electrons. The molecule has 1 aliphatic carbocycles. The highest BCUT2D eigenvalue weighted by atomic mass is 19.1. The molecular formula is C25H31F2N. The predicted octanol–water partition coefficient (Wildman–Crippen LogP) is 6.98. The van der Waals surface area contributed by atoms with Crippen LogP contribution in [0.4, 0.5) is 8.78 Å². The highest BCUT2D eigenvalue weighted by Crippen LogP contribution is 2.57. The second kappa shape index (κ2) is 9.00. The number of aryl methyl sites for hydroxylation is 1. The van der Waals surface area contributed by atoms with E-state index in [0.717, 1.165) is 51.1 Å². The zero-order chi connectivity index (χ0) is 20.1. The summed E-state index contributed by atoms with van der Waals surface area (Å²) in [4.78, 5) is 0. The summed E-state index contributed by atoms with van der Waals surface area (Å²) in [5, 5.41) is 3.56. The summed E-state index contributed by atoms with van der Waals surface area (Å²) in [6.07, 6.45) is 6.29. The van der Waals surface area contributed by atoms with E-state index >= 15 is 0 Å². The molecule has 1 atom stereocenters. The molecule has 1 fully saturated rings. The highest BCUT2D eigenvalue weighted by Gasteiger charge is 2.44. The van der Waals surface area contributed by atoms with Gasteiger partial charge in [-0.05, 0) is 73.4 Å². The van der Waals surface area contributed by atoms with E-state index in [1.54, 1.807) is 0 Å². The summed E-state index contributed by atoms with van der Waals surface area (Å²) in [7, 11) is 0. The van der Waals surface area contributed by atoms with E-state index in [0.29, 0.717) is 5.56 Å². The quantitative estimate of drug-likeness (QED) is 0.467. The molecule has 0 aromatic heterocycles. The third-order valence-corrected chi connectivity index (χ3v) is 5.99. The normalized spacial score (nSPS) is 16.0. The van der Waals surface area contributed by atoms with Crippen molar-refractivity contribution in [2.45, 2.75) is 58.4 Å². The van der Waals surface area contributed by atoms with Crippen LogP contribution < -0.4 is 5.32 Å². The molecule has 0 heterocycles. The van der Waals surface area contributed by atoms with Crippen molar-refractivity contribution in [2.24, 2.45) is 5.41 Å². The largest absolute Gasteiger partial charge is 0.310 e. The van der Waals surface area contributed by atoms with Gasteiger partial charge in [-0.3, -0.25) is 0 Å². The molecule has 1 N–H and O–H groups in total. The van der Waals surface area contributed by atoms with Gasteiger partial charge in [0.15, 0.2) is 0 Å². The van der Waals surface area contributed by atoms with Crippen LogP contribution >= 0.6 is 0 Å². The van der Waals surface area contributed by atoms with Crippen LogP contribution in [0.25, 0.3) is 5.57 Å². The van der Waals surface area contributed by atoms with Crippen molar-refractivity contribution in [3.05, 3.63) is 77.4 Å². The number of hydrogen-bond donors (Lipinski definition) is 1. The van der Waals surface area contributed by atoms with Gasteiger partial charge >= 0.3 is 0 Å². The Bertz CT molecular complexity index is 803. The average molecular weight is 384 g/mol. The summed E-state index contributed by atoms with van der Waals surface area (Å²) < 4.78 is 27.4. The molecule has 150 valence electrons. The predicted molar refractivity (Wildman–Crippen MR) is 113 cm³/mol. The highest BCUT2D eigenvalue weighted by molar-refractivity contribution is 5.71. The first-order valence-electron chi connectivity index (χ1n) is 10.4. The molecule has 1 saturated carbocycles. The van der Waals surface area contributed by atoms with E-state index in [4.69, 9.17) is 0 Å². The number of unbranched alkanes of at least 4 members (excludes halogenated alkanes) is 1. The first-order valence-corrected chi connectivity index (χ1v) is 10.4. The molecule has 1 nitrogen and oxygen atoms in total. The lowest BCUT2D eigenvalue weighted by molar-refractivity contribution is 0.445. The molecular weight excluding hydrogens is 352 g/mol. The Balaban J connectivity index is 1.64. The van der Waals surface area contributed by atoms with Crippen LogP contribution in [0, 0.1) is 24.0 Å². The zero-order valence-electron chi connectivity index (χ0n) is 17.0. The maximum atomic E-state index is 13.7. The zero-order valence-corrected chi connectivity index (χ0v) is 17.0. The van der Waals surface area contributed by atoms with Crippen LogP contribution in [0.2, 0.25) is 0 Å². The molecule has 2 aromatic carbocycles. The van der Waals surface area contributed by atoms with Crippen molar-refractivity contribution in [3.63, 3.8) is 0 Å². The molecule has 1 unspecified atom stereocenters. The number of halogens is 2. The van der Waals surface area contributed by atoms with Crippen LogP contribution in [-0.4, -0.2) is 6.54 Å². The lowest BCUT2D eigenvalue weighted by Gasteiger charge is -2.23. The Morgan fingerprint density at radius 2 is 1.86 bits per heavy atom. The molecule has 0 amide bonds. The van der Waals surface area contributed by atoms with E-state index in [1.807, 2.05) is 0 Å². The third kappa shape index (κ3) is 5.08. The van der Waals surface area contributed by atoms with E-state index in [1.165, 1.54) is 28.8 Å². The fourth-order valence-electron chi connectivity index (χ4n) is 4.05. The summed E-state index contributed by atoms with van der Waals surface area (Å²) in [5.74, 6) is -1.02. The van der Waals surface area contributed by atoms with Crippen LogP contribution in [0.3, 0.4) is 0 Å². The van der Waals surface area contributed by atoms with E-state index in [2.05, 4.69) is 50.0 Å². The summed E-state index contributed by atoms with van der Waals surface area (Å²) >= 11 is 0. The molecule has 3 heteroatoms. The summed E-state index contributed by atoms with van der Waals surface area (Å²) in [6, 6.07) is 12.4. The van der Waals surface area contributed by atoms with E-state index < -0.39 is 11.6 Å². The molecule has 0 aliphatic heterocycles. The summed E-state index contributed by atoms with van der Waals surface area (Å²) in [5.41, 5.74) is 4.57. The Labute approximate surface area is 167 Å². The van der Waals surface area contributed by atoms with Gasteiger partial charge in [-0.1, -0.05) is 56.2 Å². The standard InChI is InChI=1S/C25H31F2N/c1-4-5-9-24(21-15-22(26)17-23(27)16-21)28-13-12-25(10-11-25)19(3)20-8-6-7-18(2)14-20/h6-8,14-17,24,28H,3-5,9-13H2,1-2H3. The van der Waals surface area contributed by atoms with Gasteiger partial charge < -0.3 is 5.32 Å². The summed E-state index contributed by atoms with van der Waals surface area (Å²) in [6.45, 7) is 9.46. The molecule has 1 aliphatic rings. The lowest BCUT2D eigenvalue weighted by Crippen LogP contribution is -2.25. The fourth-order valence-corrected chi connectivity index (χ4v) is 4.05. The van der Waals surface area contributed by atoms with Gasteiger partial charge in [-0.15, -0.1) is 0 Å². The van der Waals surface area contributed by atoms with Crippen molar-refractivity contribution < 1.29 is 8.78 Å². The second-order valence-electron chi connectivity index (χ2n) is 8.23. The van der Waals surface area contributed by atoms with Crippen LogP contribution in [0.1, 0.15) is 68.2 Å². The van der Waals surface area contributed by atoms with Gasteiger partial charge in [0.05, 0.1) is 0 Å². The SMILES string of the molecule is C=C(c1cccc(C)c1)C1(CCNC(CCCC)c2cc(F)cc(F)c2)CC1. The Hall–Kier alpha value is -2.00. The lowest BCUT2D eigenvalue weighted by atomic mass is 9.87. The Morgan fingerprint density at radius 3 is 2.46 bits per heavy atom. The molecule has 0 spiro atoms. The van der Waals surface area contributed by atoms with Crippen molar-refractivity contribution in [3.8, 4) is 0 Å². The fraction of sp³-hybridized carbons (Fsp3) is 0.440. The first kappa shape index (κ1) is 20.7. The van der Waals surface area contributed by atoms with Crippen LogP contribution in [0.15, 0.2) is 49.0 Å². The average Bonchev–Trinajstić information content (AvgIpc) is 3.44. The second-order valence-corrected chi connectivity index (χ2v) is 8.23. The van der Waals surface area contributed by atoms with Crippen molar-refractivity contribution in [1.29, 1.82) is 0 Å². The van der Waals surface area contributed by atoms with Crippen molar-refractivity contribution >= 4 is 5.57 Å². The minimum atomic E-state index is -0.509. The topological polar surface area (TPSA) is 12.0 Å². The Morgan fingerprint density at radius 1 is 1.14 bits per heavy atom. The van der Waals surface area contributed by atoms with Gasteiger partial charge in [0, 0.05) is 12.1 Å². The van der Waals surface area contributed by atoms with Crippen LogP contribution in [0.5, 0.6) is 0 Å². The van der Waals surface area contributed by atoms with Gasteiger partial charge in [-0.2, -0.15) is 0 Å². The third-order valence-electron chi connectivity index (χ3n) is 5.99. The van der Waals surface area contributed by atoms with Gasteiger partial charge in [0.25, 0.3) is 0 Å². The Kier molecular flexibility index (Phi) is 6.66. The molecule has 2 aromatic rings. The smallest absolute Gasteiger partial charge is 0.126 e. The molecule has 0 bridgehead atoms. The number of allylic oxidation sites excluding steroid dienone is 1. The van der Waals surface area contributed by atoms with Crippen molar-refractivity contribution in [2.75, 3.05) is 6.54 Å². The number of hydrogen-bond acceptors (Lipinski definition) is 1. The maximum Gasteiger partial charge on any atom is 0.126 e. The monoisotopic (exact) mass is 383 g/mol. The maximum absolute atomic E-state index is 13.7. The minimum absolute atomic E-state index is 0.0202. The van der Waals surface area contributed by atoms with Gasteiger partial charge in [-0.25, -0.2) is 8.78 Å². The van der Waals surface area contributed by atoms with Crippen LogP contribution in [-0.2, 0) is 0 Å². The minimum Gasteiger partial charge on any atom is -0.310 e. The molecule has 0 saturated heterocycles. The van der Waals surface area contributed by atoms with E-state index in [-0.39, 0.29) is 11.5 Å². The first-order chi connectivity index (χ1) is 13.4. The van der Waals surface area contributed by atoms with E-state index in [9.17, 15) is 8.78 Å². The van der Waals surface area contributed by atoms with Crippen molar-refractivity contribution in [1.82, 2.24) is 5.32 Å².